The second-order valence-electron chi connectivity index (χ2n) is 11.1. The number of carbonyl (C=O) groups excluding carboxylic acids is 1. The molecule has 0 aromatic rings. The average molecular weight is 596 g/mol. The Morgan fingerprint density at radius 1 is 0.634 bits per heavy atom. The van der Waals surface area contributed by atoms with Gasteiger partial charge in [0.05, 0.1) is 17.9 Å². The molecule has 238 valence electrons. The summed E-state index contributed by atoms with van der Waals surface area (Å²) in [5.41, 5.74) is 0. The molecule has 7 heteroatoms. The molecule has 0 bridgehead atoms. The zero-order chi connectivity index (χ0) is 30.4. The molecule has 0 heterocycles. The van der Waals surface area contributed by atoms with Crippen LogP contribution in [-0.2, 0) is 14.9 Å². The average Bonchev–Trinajstić information content (AvgIpc) is 2.92. The summed E-state index contributed by atoms with van der Waals surface area (Å²) in [6.07, 6.45) is 36.6. The first-order chi connectivity index (χ1) is 19.8. The van der Waals surface area contributed by atoms with Crippen molar-refractivity contribution in [2.45, 2.75) is 154 Å². The SMILES string of the molecule is CCCC/C=C\CCCCCCCC(=O)NC(CS(=O)(=O)O)C(O)/C=C/CC/C=C/CC/C=C/CCCCCCC. The van der Waals surface area contributed by atoms with E-state index < -0.39 is 28.0 Å². The predicted molar refractivity (Wildman–Crippen MR) is 175 cm³/mol. The summed E-state index contributed by atoms with van der Waals surface area (Å²) < 4.78 is 32.2. The number of carbonyl (C=O) groups is 1. The fraction of sp³-hybridized carbons (Fsp3) is 0.735. The van der Waals surface area contributed by atoms with Crippen LogP contribution in [0.15, 0.2) is 48.6 Å². The molecule has 3 N–H and O–H groups in total. The van der Waals surface area contributed by atoms with E-state index in [0.29, 0.717) is 12.8 Å². The van der Waals surface area contributed by atoms with Crippen molar-refractivity contribution >= 4 is 16.0 Å². The highest BCUT2D eigenvalue weighted by molar-refractivity contribution is 7.85. The summed E-state index contributed by atoms with van der Waals surface area (Å²) in [6, 6.07) is -1.08. The summed E-state index contributed by atoms with van der Waals surface area (Å²) in [7, 11) is -4.35. The molecule has 0 aromatic heterocycles. The number of hydrogen-bond donors (Lipinski definition) is 3. The summed E-state index contributed by atoms with van der Waals surface area (Å²) in [6.45, 7) is 4.43. The van der Waals surface area contributed by atoms with Gasteiger partial charge < -0.3 is 10.4 Å². The number of nitrogens with one attached hydrogen (secondary N) is 1. The molecule has 2 unspecified atom stereocenters. The Kier molecular flexibility index (Phi) is 27.2. The fourth-order valence-corrected chi connectivity index (χ4v) is 5.19. The van der Waals surface area contributed by atoms with Gasteiger partial charge in [0.2, 0.25) is 5.91 Å². The van der Waals surface area contributed by atoms with Crippen molar-refractivity contribution in [1.82, 2.24) is 5.32 Å². The number of hydrogen-bond acceptors (Lipinski definition) is 4. The van der Waals surface area contributed by atoms with E-state index in [9.17, 15) is 22.9 Å². The van der Waals surface area contributed by atoms with E-state index in [-0.39, 0.29) is 12.3 Å². The Morgan fingerprint density at radius 3 is 1.61 bits per heavy atom. The van der Waals surface area contributed by atoms with Crippen LogP contribution in [0.25, 0.3) is 0 Å². The number of allylic oxidation sites excluding steroid dienone is 7. The maximum atomic E-state index is 12.4. The van der Waals surface area contributed by atoms with Gasteiger partial charge >= 0.3 is 0 Å². The molecule has 0 saturated heterocycles. The van der Waals surface area contributed by atoms with E-state index in [1.165, 1.54) is 51.0 Å². The minimum absolute atomic E-state index is 0.272. The maximum Gasteiger partial charge on any atom is 0.267 e. The van der Waals surface area contributed by atoms with E-state index in [0.717, 1.165) is 64.2 Å². The van der Waals surface area contributed by atoms with Gasteiger partial charge in [-0.2, -0.15) is 8.42 Å². The Hall–Kier alpha value is -1.70. The van der Waals surface area contributed by atoms with E-state index in [4.69, 9.17) is 0 Å². The van der Waals surface area contributed by atoms with Gasteiger partial charge in [0, 0.05) is 6.42 Å². The van der Waals surface area contributed by atoms with Crippen molar-refractivity contribution in [2.75, 3.05) is 5.75 Å². The number of unbranched alkanes of at least 4 members (excludes halogenated alkanes) is 14. The molecule has 0 rings (SSSR count). The first-order valence-electron chi connectivity index (χ1n) is 16.3. The van der Waals surface area contributed by atoms with Crippen molar-refractivity contribution < 1.29 is 22.9 Å². The van der Waals surface area contributed by atoms with Crippen LogP contribution in [0.2, 0.25) is 0 Å². The molecule has 2 atom stereocenters. The highest BCUT2D eigenvalue weighted by Gasteiger charge is 2.24. The van der Waals surface area contributed by atoms with Crippen molar-refractivity contribution in [2.24, 2.45) is 0 Å². The zero-order valence-electron chi connectivity index (χ0n) is 26.2. The summed E-state index contributed by atoms with van der Waals surface area (Å²) >= 11 is 0. The topological polar surface area (TPSA) is 104 Å². The Labute approximate surface area is 252 Å². The number of aliphatic hydroxyl groups excluding tert-OH is 1. The van der Waals surface area contributed by atoms with Gasteiger partial charge in [0.15, 0.2) is 0 Å². The molecule has 0 aliphatic rings. The van der Waals surface area contributed by atoms with Crippen LogP contribution in [0, 0.1) is 0 Å². The van der Waals surface area contributed by atoms with Crippen molar-refractivity contribution in [1.29, 1.82) is 0 Å². The van der Waals surface area contributed by atoms with Crippen molar-refractivity contribution in [3.63, 3.8) is 0 Å². The van der Waals surface area contributed by atoms with E-state index in [2.05, 4.69) is 55.6 Å². The van der Waals surface area contributed by atoms with Gasteiger partial charge in [-0.1, -0.05) is 120 Å². The Balaban J connectivity index is 4.18. The summed E-state index contributed by atoms with van der Waals surface area (Å²) in [5.74, 6) is -1.03. The molecule has 1 amide bonds. The molecule has 0 aliphatic heterocycles. The molecule has 6 nitrogen and oxygen atoms in total. The third kappa shape index (κ3) is 29.6. The standard InChI is InChI=1S/C34H61NO5S/c1-3-5-7-9-11-13-15-16-17-18-20-21-23-25-27-29-33(36)32(31-41(38,39)40)35-34(37)30-28-26-24-22-19-14-12-10-8-6-4-2/h10,12,15-16,20-21,27,29,32-33,36H,3-9,11,13-14,17-19,22-26,28,30-31H2,1-2H3,(H,35,37)(H,38,39,40)/b12-10-,16-15+,21-20+,29-27+. The molecule has 0 spiro atoms. The molecule has 0 fully saturated rings. The largest absolute Gasteiger partial charge is 0.387 e. The maximum absolute atomic E-state index is 12.4. The van der Waals surface area contributed by atoms with E-state index in [1.54, 1.807) is 6.08 Å². The predicted octanol–water partition coefficient (Wildman–Crippen LogP) is 8.79. The van der Waals surface area contributed by atoms with Gasteiger partial charge in [0.1, 0.15) is 0 Å². The lowest BCUT2D eigenvalue weighted by molar-refractivity contribution is -0.122. The Bertz CT molecular complexity index is 832. The normalized spacial score (nSPS) is 14.1. The quantitative estimate of drug-likeness (QED) is 0.0476. The highest BCUT2D eigenvalue weighted by Crippen LogP contribution is 2.10. The molecule has 0 aliphatic carbocycles. The first kappa shape index (κ1) is 39.3. The highest BCUT2D eigenvalue weighted by atomic mass is 32.2. The van der Waals surface area contributed by atoms with Gasteiger partial charge in [-0.3, -0.25) is 9.35 Å². The second kappa shape index (κ2) is 28.4. The summed E-state index contributed by atoms with van der Waals surface area (Å²) in [4.78, 5) is 12.4. The van der Waals surface area contributed by atoms with Gasteiger partial charge in [-0.25, -0.2) is 0 Å². The lowest BCUT2D eigenvalue weighted by atomic mass is 10.1. The van der Waals surface area contributed by atoms with Crippen molar-refractivity contribution in [3.05, 3.63) is 48.6 Å². The van der Waals surface area contributed by atoms with Crippen LogP contribution in [0.3, 0.4) is 0 Å². The van der Waals surface area contributed by atoms with Gasteiger partial charge in [-0.05, 0) is 64.2 Å². The van der Waals surface area contributed by atoms with Crippen LogP contribution in [0.1, 0.15) is 142 Å². The van der Waals surface area contributed by atoms with Gasteiger partial charge in [-0.15, -0.1) is 0 Å². The van der Waals surface area contributed by atoms with E-state index >= 15 is 0 Å². The lowest BCUT2D eigenvalue weighted by Crippen LogP contribution is -2.46. The molecular weight excluding hydrogens is 534 g/mol. The van der Waals surface area contributed by atoms with Crippen LogP contribution in [0.5, 0.6) is 0 Å². The lowest BCUT2D eigenvalue weighted by Gasteiger charge is -2.21. The first-order valence-corrected chi connectivity index (χ1v) is 17.9. The molecule has 0 radical (unpaired) electrons. The second-order valence-corrected chi connectivity index (χ2v) is 12.6. The van der Waals surface area contributed by atoms with Crippen molar-refractivity contribution in [3.8, 4) is 0 Å². The number of aliphatic hydroxyl groups is 1. The van der Waals surface area contributed by atoms with Crippen LogP contribution in [-0.4, -0.2) is 41.9 Å². The third-order valence-corrected chi connectivity index (χ3v) is 7.74. The smallest absolute Gasteiger partial charge is 0.267 e. The third-order valence-electron chi connectivity index (χ3n) is 6.96. The molecule has 41 heavy (non-hydrogen) atoms. The van der Waals surface area contributed by atoms with Crippen LogP contribution < -0.4 is 5.32 Å². The molecule has 0 saturated carbocycles. The van der Waals surface area contributed by atoms with Crippen LogP contribution in [0.4, 0.5) is 0 Å². The van der Waals surface area contributed by atoms with Crippen LogP contribution >= 0.6 is 0 Å². The number of rotatable bonds is 28. The fourth-order valence-electron chi connectivity index (χ4n) is 4.46. The molecule has 0 aromatic carbocycles. The minimum atomic E-state index is -4.35. The zero-order valence-corrected chi connectivity index (χ0v) is 27.0. The summed E-state index contributed by atoms with van der Waals surface area (Å²) in [5, 5.41) is 13.1. The van der Waals surface area contributed by atoms with E-state index in [1.807, 2.05) is 0 Å². The monoisotopic (exact) mass is 595 g/mol. The molecular formula is C34H61NO5S. The van der Waals surface area contributed by atoms with Gasteiger partial charge in [0.25, 0.3) is 10.1 Å². The minimum Gasteiger partial charge on any atom is -0.387 e. The number of amides is 1. The Morgan fingerprint density at radius 2 is 1.07 bits per heavy atom.